The lowest BCUT2D eigenvalue weighted by Gasteiger charge is -2.12. The summed E-state index contributed by atoms with van der Waals surface area (Å²) in [4.78, 5) is 21.6. The van der Waals surface area contributed by atoms with E-state index in [9.17, 15) is 14.9 Å². The fraction of sp³-hybridized carbons (Fsp3) is 0.462. The molecule has 1 amide bonds. The molecular formula is C13H20N4O3. The number of nitrogens with two attached hydrogens (primary N) is 1. The van der Waals surface area contributed by atoms with Crippen molar-refractivity contribution in [1.29, 1.82) is 0 Å². The number of carbonyl (C=O) groups is 1. The molecule has 0 aliphatic heterocycles. The maximum absolute atomic E-state index is 11.6. The Hall–Kier alpha value is -2.31. The van der Waals surface area contributed by atoms with E-state index in [4.69, 9.17) is 5.73 Å². The molecule has 0 bridgehead atoms. The second-order valence-corrected chi connectivity index (χ2v) is 4.58. The average molecular weight is 280 g/mol. The molecule has 7 nitrogen and oxygen atoms in total. The van der Waals surface area contributed by atoms with Gasteiger partial charge in [-0.2, -0.15) is 0 Å². The van der Waals surface area contributed by atoms with Crippen LogP contribution in [0.4, 0.5) is 17.1 Å². The Morgan fingerprint density at radius 2 is 2.20 bits per heavy atom. The smallest absolute Gasteiger partial charge is 0.271 e. The van der Waals surface area contributed by atoms with Crippen LogP contribution in [0.3, 0.4) is 0 Å². The van der Waals surface area contributed by atoms with Crippen molar-refractivity contribution in [3.8, 4) is 0 Å². The van der Waals surface area contributed by atoms with E-state index in [0.717, 1.165) is 6.42 Å². The van der Waals surface area contributed by atoms with Gasteiger partial charge in [-0.25, -0.2) is 0 Å². The van der Waals surface area contributed by atoms with Gasteiger partial charge in [0.2, 0.25) is 5.91 Å². The number of hydrogen-bond acceptors (Lipinski definition) is 5. The molecule has 0 aliphatic carbocycles. The molecule has 1 unspecified atom stereocenters. The minimum absolute atomic E-state index is 0.0349. The van der Waals surface area contributed by atoms with Crippen LogP contribution in [-0.4, -0.2) is 23.4 Å². The maximum Gasteiger partial charge on any atom is 0.271 e. The van der Waals surface area contributed by atoms with Crippen LogP contribution in [0.5, 0.6) is 0 Å². The van der Waals surface area contributed by atoms with E-state index in [-0.39, 0.29) is 17.6 Å². The molecule has 1 atom stereocenters. The van der Waals surface area contributed by atoms with Crippen LogP contribution in [0.25, 0.3) is 0 Å². The van der Waals surface area contributed by atoms with Crippen molar-refractivity contribution >= 4 is 23.0 Å². The number of nitro groups is 1. The van der Waals surface area contributed by atoms with Gasteiger partial charge in [0, 0.05) is 31.1 Å². The van der Waals surface area contributed by atoms with Crippen LogP contribution < -0.4 is 16.4 Å². The molecule has 4 N–H and O–H groups in total. The first kappa shape index (κ1) is 15.7. The van der Waals surface area contributed by atoms with Crippen molar-refractivity contribution in [1.82, 2.24) is 5.32 Å². The van der Waals surface area contributed by atoms with E-state index < -0.39 is 4.92 Å². The van der Waals surface area contributed by atoms with Gasteiger partial charge in [-0.1, -0.05) is 6.92 Å². The van der Waals surface area contributed by atoms with Gasteiger partial charge in [0.25, 0.3) is 5.69 Å². The van der Waals surface area contributed by atoms with Crippen molar-refractivity contribution in [3.05, 3.63) is 28.3 Å². The number of rotatable bonds is 7. The first-order chi connectivity index (χ1) is 9.43. The van der Waals surface area contributed by atoms with E-state index in [0.29, 0.717) is 24.3 Å². The predicted octanol–water partition coefficient (Wildman–Crippen LogP) is 1.89. The molecule has 1 rings (SSSR count). The molecule has 1 aromatic carbocycles. The van der Waals surface area contributed by atoms with E-state index in [1.807, 2.05) is 13.8 Å². The van der Waals surface area contributed by atoms with E-state index in [2.05, 4.69) is 10.6 Å². The van der Waals surface area contributed by atoms with Crippen LogP contribution in [0, 0.1) is 10.1 Å². The van der Waals surface area contributed by atoms with Gasteiger partial charge in [0.05, 0.1) is 16.3 Å². The van der Waals surface area contributed by atoms with Crippen LogP contribution in [0.1, 0.15) is 26.7 Å². The number of nitro benzene ring substituents is 1. The summed E-state index contributed by atoms with van der Waals surface area (Å²) in [5.74, 6) is -0.0349. The van der Waals surface area contributed by atoms with Gasteiger partial charge in [0.15, 0.2) is 0 Å². The summed E-state index contributed by atoms with van der Waals surface area (Å²) in [6.45, 7) is 4.37. The van der Waals surface area contributed by atoms with Crippen molar-refractivity contribution in [3.63, 3.8) is 0 Å². The summed E-state index contributed by atoms with van der Waals surface area (Å²) in [6.07, 6.45) is 1.20. The normalized spacial score (nSPS) is 11.7. The second kappa shape index (κ2) is 7.32. The summed E-state index contributed by atoms with van der Waals surface area (Å²) in [5, 5.41) is 16.4. The molecule has 0 heterocycles. The standard InChI is InChI=1S/C13H20N4O3/c1-3-9(2)16-13(18)6-7-15-12-5-4-10(17(19)20)8-11(12)14/h4-5,8-9,15H,3,6-7,14H2,1-2H3,(H,16,18). The second-order valence-electron chi connectivity index (χ2n) is 4.58. The summed E-state index contributed by atoms with van der Waals surface area (Å²) in [7, 11) is 0. The molecule has 20 heavy (non-hydrogen) atoms. The number of nitrogen functional groups attached to an aromatic ring is 1. The van der Waals surface area contributed by atoms with Gasteiger partial charge in [-0.15, -0.1) is 0 Å². The molecule has 0 aliphatic rings. The summed E-state index contributed by atoms with van der Waals surface area (Å²) < 4.78 is 0. The quantitative estimate of drug-likeness (QED) is 0.401. The Kier molecular flexibility index (Phi) is 5.76. The van der Waals surface area contributed by atoms with Crippen LogP contribution >= 0.6 is 0 Å². The monoisotopic (exact) mass is 280 g/mol. The largest absolute Gasteiger partial charge is 0.397 e. The molecule has 7 heteroatoms. The van der Waals surface area contributed by atoms with Gasteiger partial charge < -0.3 is 16.4 Å². The van der Waals surface area contributed by atoms with Crippen LogP contribution in [0.2, 0.25) is 0 Å². The minimum Gasteiger partial charge on any atom is -0.397 e. The number of nitrogens with one attached hydrogen (secondary N) is 2. The lowest BCUT2D eigenvalue weighted by molar-refractivity contribution is -0.384. The Balaban J connectivity index is 2.46. The molecular weight excluding hydrogens is 260 g/mol. The molecule has 0 spiro atoms. The number of non-ortho nitro benzene ring substituents is 1. The molecule has 110 valence electrons. The topological polar surface area (TPSA) is 110 Å². The Labute approximate surface area is 117 Å². The van der Waals surface area contributed by atoms with Gasteiger partial charge in [-0.3, -0.25) is 14.9 Å². The van der Waals surface area contributed by atoms with E-state index >= 15 is 0 Å². The van der Waals surface area contributed by atoms with Gasteiger partial charge in [-0.05, 0) is 19.4 Å². The number of amides is 1. The highest BCUT2D eigenvalue weighted by Crippen LogP contribution is 2.23. The van der Waals surface area contributed by atoms with Gasteiger partial charge in [0.1, 0.15) is 0 Å². The van der Waals surface area contributed by atoms with Gasteiger partial charge >= 0.3 is 0 Å². The highest BCUT2D eigenvalue weighted by molar-refractivity contribution is 5.77. The Morgan fingerprint density at radius 3 is 2.75 bits per heavy atom. The summed E-state index contributed by atoms with van der Waals surface area (Å²) >= 11 is 0. The summed E-state index contributed by atoms with van der Waals surface area (Å²) in [6, 6.07) is 4.37. The van der Waals surface area contributed by atoms with Crippen molar-refractivity contribution < 1.29 is 9.72 Å². The highest BCUT2D eigenvalue weighted by atomic mass is 16.6. The highest BCUT2D eigenvalue weighted by Gasteiger charge is 2.09. The Morgan fingerprint density at radius 1 is 1.50 bits per heavy atom. The summed E-state index contributed by atoms with van der Waals surface area (Å²) in [5.41, 5.74) is 6.54. The molecule has 0 saturated heterocycles. The molecule has 0 aromatic heterocycles. The van der Waals surface area contributed by atoms with Crippen LogP contribution in [-0.2, 0) is 4.79 Å². The zero-order valence-electron chi connectivity index (χ0n) is 11.7. The predicted molar refractivity (Wildman–Crippen MR) is 78.5 cm³/mol. The fourth-order valence-corrected chi connectivity index (χ4v) is 1.58. The fourth-order valence-electron chi connectivity index (χ4n) is 1.58. The number of hydrogen-bond donors (Lipinski definition) is 3. The van der Waals surface area contributed by atoms with E-state index in [1.54, 1.807) is 6.07 Å². The number of anilines is 2. The molecule has 0 radical (unpaired) electrons. The molecule has 1 aromatic rings. The van der Waals surface area contributed by atoms with Crippen molar-refractivity contribution in [2.45, 2.75) is 32.7 Å². The molecule has 0 fully saturated rings. The number of benzene rings is 1. The average Bonchev–Trinajstić information content (AvgIpc) is 2.40. The Bertz CT molecular complexity index is 491. The number of carbonyl (C=O) groups excluding carboxylic acids is 1. The lowest BCUT2D eigenvalue weighted by Crippen LogP contribution is -2.32. The zero-order valence-corrected chi connectivity index (χ0v) is 11.7. The van der Waals surface area contributed by atoms with Crippen molar-refractivity contribution in [2.75, 3.05) is 17.6 Å². The minimum atomic E-state index is -0.500. The van der Waals surface area contributed by atoms with Crippen molar-refractivity contribution in [2.24, 2.45) is 0 Å². The lowest BCUT2D eigenvalue weighted by atomic mass is 10.2. The third kappa shape index (κ3) is 4.75. The number of nitrogens with zero attached hydrogens (tertiary/aromatic N) is 1. The van der Waals surface area contributed by atoms with Crippen LogP contribution in [0.15, 0.2) is 18.2 Å². The third-order valence-electron chi connectivity index (χ3n) is 2.93. The SMILES string of the molecule is CCC(C)NC(=O)CCNc1ccc([N+](=O)[O-])cc1N. The maximum atomic E-state index is 11.6. The first-order valence-corrected chi connectivity index (χ1v) is 6.51. The zero-order chi connectivity index (χ0) is 15.1. The third-order valence-corrected chi connectivity index (χ3v) is 2.93. The first-order valence-electron chi connectivity index (χ1n) is 6.51. The molecule has 0 saturated carbocycles. The van der Waals surface area contributed by atoms with E-state index in [1.165, 1.54) is 12.1 Å².